The predicted molar refractivity (Wildman–Crippen MR) is 69.8 cm³/mol. The minimum absolute atomic E-state index is 0.113. The number of ether oxygens (including phenoxy) is 1. The van der Waals surface area contributed by atoms with Crippen LogP contribution < -0.4 is 4.74 Å². The highest BCUT2D eigenvalue weighted by atomic mass is 19.4. The minimum Gasteiger partial charge on any atom is -0.478 e. The van der Waals surface area contributed by atoms with E-state index in [9.17, 15) is 22.8 Å². The molecule has 2 aromatic carbocycles. The van der Waals surface area contributed by atoms with Gasteiger partial charge in [-0.15, -0.1) is 0 Å². The van der Waals surface area contributed by atoms with Crippen LogP contribution >= 0.6 is 0 Å². The standard InChI is InChI=1S/C15H9F3O4/c16-15(17,18)9-5-7-10(8-6-9)22-14(21)12-4-2-1-3-11(12)13(19)20/h1-8H,(H,19,20). The molecule has 0 heterocycles. The smallest absolute Gasteiger partial charge is 0.416 e. The first kappa shape index (κ1) is 15.6. The maximum atomic E-state index is 12.4. The fourth-order valence-corrected chi connectivity index (χ4v) is 1.72. The summed E-state index contributed by atoms with van der Waals surface area (Å²) >= 11 is 0. The van der Waals surface area contributed by atoms with Crippen molar-refractivity contribution in [3.8, 4) is 5.75 Å². The highest BCUT2D eigenvalue weighted by molar-refractivity contribution is 6.03. The molecule has 0 fully saturated rings. The molecule has 0 saturated heterocycles. The van der Waals surface area contributed by atoms with Crippen LogP contribution in [0.3, 0.4) is 0 Å². The number of alkyl halides is 3. The third-order valence-corrected chi connectivity index (χ3v) is 2.77. The summed E-state index contributed by atoms with van der Waals surface area (Å²) in [5.74, 6) is -2.38. The van der Waals surface area contributed by atoms with E-state index >= 15 is 0 Å². The van der Waals surface area contributed by atoms with E-state index in [1.54, 1.807) is 0 Å². The molecular weight excluding hydrogens is 301 g/mol. The zero-order valence-corrected chi connectivity index (χ0v) is 10.9. The molecule has 0 spiro atoms. The quantitative estimate of drug-likeness (QED) is 0.694. The van der Waals surface area contributed by atoms with E-state index in [4.69, 9.17) is 9.84 Å². The van der Waals surface area contributed by atoms with E-state index in [2.05, 4.69) is 0 Å². The average Bonchev–Trinajstić information content (AvgIpc) is 2.46. The predicted octanol–water partition coefficient (Wildman–Crippen LogP) is 3.62. The van der Waals surface area contributed by atoms with Crippen LogP contribution in [0.2, 0.25) is 0 Å². The number of carbonyl (C=O) groups excluding carboxylic acids is 1. The Hall–Kier alpha value is -2.83. The molecule has 0 aromatic heterocycles. The number of hydrogen-bond acceptors (Lipinski definition) is 3. The van der Waals surface area contributed by atoms with Crippen molar-refractivity contribution in [1.29, 1.82) is 0 Å². The van der Waals surface area contributed by atoms with Gasteiger partial charge in [-0.2, -0.15) is 13.2 Å². The Kier molecular flexibility index (Phi) is 4.16. The third kappa shape index (κ3) is 3.43. The fraction of sp³-hybridized carbons (Fsp3) is 0.0667. The van der Waals surface area contributed by atoms with Crippen LogP contribution in [0.5, 0.6) is 5.75 Å². The lowest BCUT2D eigenvalue weighted by Crippen LogP contribution is -2.14. The van der Waals surface area contributed by atoms with E-state index in [0.29, 0.717) is 0 Å². The highest BCUT2D eigenvalue weighted by Gasteiger charge is 2.30. The van der Waals surface area contributed by atoms with Crippen molar-refractivity contribution in [3.05, 3.63) is 65.2 Å². The molecular formula is C15H9F3O4. The zero-order chi connectivity index (χ0) is 16.3. The molecule has 0 aliphatic carbocycles. The molecule has 7 heteroatoms. The van der Waals surface area contributed by atoms with Crippen molar-refractivity contribution >= 4 is 11.9 Å². The van der Waals surface area contributed by atoms with Crippen LogP contribution in [-0.2, 0) is 6.18 Å². The topological polar surface area (TPSA) is 63.6 Å². The number of esters is 1. The first-order valence-electron chi connectivity index (χ1n) is 6.01. The van der Waals surface area contributed by atoms with Crippen LogP contribution in [-0.4, -0.2) is 17.0 Å². The van der Waals surface area contributed by atoms with Crippen LogP contribution in [0.4, 0.5) is 13.2 Å². The van der Waals surface area contributed by atoms with Gasteiger partial charge in [-0.25, -0.2) is 9.59 Å². The molecule has 0 atom stereocenters. The van der Waals surface area contributed by atoms with Gasteiger partial charge < -0.3 is 9.84 Å². The molecule has 114 valence electrons. The minimum atomic E-state index is -4.49. The Balaban J connectivity index is 2.21. The summed E-state index contributed by atoms with van der Waals surface area (Å²) < 4.78 is 42.1. The number of halogens is 3. The second-order valence-corrected chi connectivity index (χ2v) is 4.26. The van der Waals surface area contributed by atoms with Gasteiger partial charge in [0.2, 0.25) is 0 Å². The number of rotatable bonds is 3. The van der Waals surface area contributed by atoms with Gasteiger partial charge in [0, 0.05) is 0 Å². The van der Waals surface area contributed by atoms with E-state index in [0.717, 1.165) is 24.3 Å². The molecule has 2 rings (SSSR count). The van der Waals surface area contributed by atoms with Crippen molar-refractivity contribution in [3.63, 3.8) is 0 Å². The first-order chi connectivity index (χ1) is 10.3. The molecule has 0 amide bonds. The van der Waals surface area contributed by atoms with Crippen molar-refractivity contribution in [2.24, 2.45) is 0 Å². The lowest BCUT2D eigenvalue weighted by molar-refractivity contribution is -0.137. The highest BCUT2D eigenvalue weighted by Crippen LogP contribution is 2.30. The second-order valence-electron chi connectivity index (χ2n) is 4.26. The molecule has 0 saturated carbocycles. The van der Waals surface area contributed by atoms with Crippen molar-refractivity contribution in [2.45, 2.75) is 6.18 Å². The van der Waals surface area contributed by atoms with Gasteiger partial charge in [0.05, 0.1) is 16.7 Å². The monoisotopic (exact) mass is 310 g/mol. The maximum absolute atomic E-state index is 12.4. The molecule has 0 aliphatic heterocycles. The normalized spacial score (nSPS) is 11.0. The summed E-state index contributed by atoms with van der Waals surface area (Å²) in [6.45, 7) is 0. The summed E-state index contributed by atoms with van der Waals surface area (Å²) in [7, 11) is 0. The van der Waals surface area contributed by atoms with Crippen LogP contribution in [0, 0.1) is 0 Å². The van der Waals surface area contributed by atoms with Crippen LogP contribution in [0.1, 0.15) is 26.3 Å². The Labute approximate surface area is 122 Å². The molecule has 22 heavy (non-hydrogen) atoms. The van der Waals surface area contributed by atoms with Gasteiger partial charge >= 0.3 is 18.1 Å². The van der Waals surface area contributed by atoms with Gasteiger partial charge in [-0.05, 0) is 36.4 Å². The number of carboxylic acids is 1. The lowest BCUT2D eigenvalue weighted by atomic mass is 10.1. The summed E-state index contributed by atoms with van der Waals surface area (Å²) in [6.07, 6.45) is -4.49. The van der Waals surface area contributed by atoms with E-state index in [1.807, 2.05) is 0 Å². The van der Waals surface area contributed by atoms with Crippen molar-refractivity contribution < 1.29 is 32.6 Å². The maximum Gasteiger partial charge on any atom is 0.416 e. The molecule has 0 bridgehead atoms. The summed E-state index contributed by atoms with van der Waals surface area (Å²) in [4.78, 5) is 22.9. The van der Waals surface area contributed by atoms with E-state index in [1.165, 1.54) is 24.3 Å². The Bertz CT molecular complexity index is 705. The molecule has 0 aliphatic rings. The van der Waals surface area contributed by atoms with Crippen LogP contribution in [0.25, 0.3) is 0 Å². The molecule has 4 nitrogen and oxygen atoms in total. The largest absolute Gasteiger partial charge is 0.478 e. The Morgan fingerprint density at radius 3 is 1.95 bits per heavy atom. The average molecular weight is 310 g/mol. The van der Waals surface area contributed by atoms with E-state index in [-0.39, 0.29) is 16.9 Å². The van der Waals surface area contributed by atoms with Gasteiger partial charge in [-0.1, -0.05) is 12.1 Å². The molecule has 0 radical (unpaired) electrons. The number of hydrogen-bond donors (Lipinski definition) is 1. The number of carbonyl (C=O) groups is 2. The van der Waals surface area contributed by atoms with Crippen molar-refractivity contribution in [2.75, 3.05) is 0 Å². The third-order valence-electron chi connectivity index (χ3n) is 2.77. The molecule has 2 aromatic rings. The van der Waals surface area contributed by atoms with E-state index < -0.39 is 23.7 Å². The van der Waals surface area contributed by atoms with Crippen LogP contribution in [0.15, 0.2) is 48.5 Å². The fourth-order valence-electron chi connectivity index (χ4n) is 1.72. The molecule has 0 unspecified atom stereocenters. The van der Waals surface area contributed by atoms with Gasteiger partial charge in [0.15, 0.2) is 0 Å². The second kappa shape index (κ2) is 5.88. The number of aromatic carboxylic acids is 1. The van der Waals surface area contributed by atoms with Crippen molar-refractivity contribution in [1.82, 2.24) is 0 Å². The van der Waals surface area contributed by atoms with Gasteiger partial charge in [0.1, 0.15) is 5.75 Å². The Morgan fingerprint density at radius 2 is 1.45 bits per heavy atom. The Morgan fingerprint density at radius 1 is 0.909 bits per heavy atom. The van der Waals surface area contributed by atoms with Gasteiger partial charge in [-0.3, -0.25) is 0 Å². The molecule has 1 N–H and O–H groups in total. The zero-order valence-electron chi connectivity index (χ0n) is 10.9. The summed E-state index contributed by atoms with van der Waals surface area (Å²) in [6, 6.07) is 8.90. The van der Waals surface area contributed by atoms with Gasteiger partial charge in [0.25, 0.3) is 0 Å². The SMILES string of the molecule is O=C(O)c1ccccc1C(=O)Oc1ccc(C(F)(F)F)cc1. The number of carboxylic acid groups (broad SMARTS) is 1. The summed E-state index contributed by atoms with van der Waals surface area (Å²) in [5, 5.41) is 8.97. The number of benzene rings is 2. The lowest BCUT2D eigenvalue weighted by Gasteiger charge is -2.09. The first-order valence-corrected chi connectivity index (χ1v) is 6.01. The summed E-state index contributed by atoms with van der Waals surface area (Å²) in [5.41, 5.74) is -1.31.